The lowest BCUT2D eigenvalue weighted by Gasteiger charge is -2.12. The number of halogens is 1. The van der Waals surface area contributed by atoms with Crippen molar-refractivity contribution in [3.63, 3.8) is 0 Å². The monoisotopic (exact) mass is 217 g/mol. The lowest BCUT2D eigenvalue weighted by molar-refractivity contribution is 0.329. The van der Waals surface area contributed by atoms with Gasteiger partial charge >= 0.3 is 0 Å². The maximum absolute atomic E-state index is 5.80. The molecule has 0 aliphatic carbocycles. The molecule has 1 aromatic heterocycles. The number of hydrogen-bond donors (Lipinski definition) is 1. The quantitative estimate of drug-likeness (QED) is 0.813. The number of rotatable bonds is 2. The van der Waals surface area contributed by atoms with Crippen molar-refractivity contribution in [2.75, 3.05) is 13.1 Å². The second-order valence-corrected chi connectivity index (χ2v) is 5.06. The molecule has 1 aliphatic heterocycles. The molecule has 1 aliphatic rings. The van der Waals surface area contributed by atoms with Crippen LogP contribution in [0.1, 0.15) is 11.3 Å². The van der Waals surface area contributed by atoms with Gasteiger partial charge in [-0.15, -0.1) is 11.3 Å². The van der Waals surface area contributed by atoms with Crippen LogP contribution in [0.3, 0.4) is 0 Å². The Morgan fingerprint density at radius 3 is 3.15 bits per heavy atom. The molecular weight excluding hydrogens is 206 g/mol. The van der Waals surface area contributed by atoms with E-state index in [4.69, 9.17) is 17.3 Å². The Bertz CT molecular complexity index is 289. The molecule has 0 spiro atoms. The summed E-state index contributed by atoms with van der Waals surface area (Å²) in [4.78, 5) is 7.57. The first-order valence-electron chi connectivity index (χ1n) is 4.32. The summed E-state index contributed by atoms with van der Waals surface area (Å²) in [6, 6.07) is 0.350. The third-order valence-electron chi connectivity index (χ3n) is 2.21. The van der Waals surface area contributed by atoms with Crippen molar-refractivity contribution in [3.8, 4) is 0 Å². The third kappa shape index (κ3) is 2.40. The van der Waals surface area contributed by atoms with Gasteiger partial charge in [-0.25, -0.2) is 4.98 Å². The molecule has 2 heterocycles. The molecule has 5 heteroatoms. The number of nitrogens with two attached hydrogens (primary N) is 1. The van der Waals surface area contributed by atoms with Crippen LogP contribution in [-0.4, -0.2) is 29.0 Å². The summed E-state index contributed by atoms with van der Waals surface area (Å²) in [6.45, 7) is 3.03. The van der Waals surface area contributed by atoms with Crippen LogP contribution in [0.2, 0.25) is 4.47 Å². The van der Waals surface area contributed by atoms with Gasteiger partial charge in [0.2, 0.25) is 0 Å². The highest BCUT2D eigenvalue weighted by atomic mass is 35.5. The maximum atomic E-state index is 5.80. The number of aromatic nitrogens is 1. The maximum Gasteiger partial charge on any atom is 0.183 e. The van der Waals surface area contributed by atoms with E-state index in [1.807, 2.05) is 6.20 Å². The molecule has 3 nitrogen and oxygen atoms in total. The van der Waals surface area contributed by atoms with Gasteiger partial charge in [0.15, 0.2) is 4.47 Å². The van der Waals surface area contributed by atoms with E-state index >= 15 is 0 Å². The van der Waals surface area contributed by atoms with Gasteiger partial charge in [-0.2, -0.15) is 0 Å². The lowest BCUT2D eigenvalue weighted by atomic mass is 10.3. The molecule has 0 unspecified atom stereocenters. The fourth-order valence-electron chi connectivity index (χ4n) is 1.58. The number of hydrogen-bond acceptors (Lipinski definition) is 4. The first kappa shape index (κ1) is 9.40. The normalized spacial score (nSPS) is 24.0. The number of likely N-dealkylation sites (tertiary alicyclic amines) is 1. The molecule has 0 amide bonds. The van der Waals surface area contributed by atoms with E-state index in [1.165, 1.54) is 4.88 Å². The minimum Gasteiger partial charge on any atom is -0.326 e. The highest BCUT2D eigenvalue weighted by Gasteiger charge is 2.19. The largest absolute Gasteiger partial charge is 0.326 e. The minimum atomic E-state index is 0.350. The van der Waals surface area contributed by atoms with Crippen molar-refractivity contribution in [1.82, 2.24) is 9.88 Å². The van der Waals surface area contributed by atoms with E-state index in [9.17, 15) is 0 Å². The van der Waals surface area contributed by atoms with Crippen molar-refractivity contribution >= 4 is 22.9 Å². The van der Waals surface area contributed by atoms with E-state index in [2.05, 4.69) is 9.88 Å². The van der Waals surface area contributed by atoms with Crippen LogP contribution in [0, 0.1) is 0 Å². The van der Waals surface area contributed by atoms with Gasteiger partial charge < -0.3 is 5.73 Å². The molecule has 72 valence electrons. The molecule has 2 N–H and O–H groups in total. The Labute approximate surface area is 86.5 Å². The Kier molecular flexibility index (Phi) is 2.83. The fraction of sp³-hybridized carbons (Fsp3) is 0.625. The molecule has 1 saturated heterocycles. The van der Waals surface area contributed by atoms with Crippen LogP contribution >= 0.6 is 22.9 Å². The molecule has 0 aromatic carbocycles. The van der Waals surface area contributed by atoms with Gasteiger partial charge in [-0.1, -0.05) is 11.6 Å². The summed E-state index contributed by atoms with van der Waals surface area (Å²) in [5, 5.41) is 0. The second kappa shape index (κ2) is 3.92. The van der Waals surface area contributed by atoms with Crippen LogP contribution in [0.5, 0.6) is 0 Å². The Balaban J connectivity index is 1.91. The average Bonchev–Trinajstić information content (AvgIpc) is 2.62. The number of nitrogens with zero attached hydrogens (tertiary/aromatic N) is 2. The average molecular weight is 218 g/mol. The molecule has 1 atom stereocenters. The summed E-state index contributed by atoms with van der Waals surface area (Å²) >= 11 is 7.29. The van der Waals surface area contributed by atoms with E-state index < -0.39 is 0 Å². The standard InChI is InChI=1S/C8H12ClN3S/c9-8-11-3-7(13-8)5-12-2-1-6(10)4-12/h3,6H,1-2,4-5,10H2/t6-/m1/s1. The summed E-state index contributed by atoms with van der Waals surface area (Å²) < 4.78 is 0.624. The highest BCUT2D eigenvalue weighted by Crippen LogP contribution is 2.20. The van der Waals surface area contributed by atoms with Crippen LogP contribution in [0.4, 0.5) is 0 Å². The third-order valence-corrected chi connectivity index (χ3v) is 3.31. The SMILES string of the molecule is N[C@@H]1CCN(Cc2cnc(Cl)s2)C1. The van der Waals surface area contributed by atoms with Gasteiger partial charge in [0.25, 0.3) is 0 Å². The van der Waals surface area contributed by atoms with Crippen molar-refractivity contribution < 1.29 is 0 Å². The van der Waals surface area contributed by atoms with E-state index in [1.54, 1.807) is 11.3 Å². The zero-order valence-electron chi connectivity index (χ0n) is 7.24. The van der Waals surface area contributed by atoms with Gasteiger partial charge in [-0.3, -0.25) is 4.90 Å². The smallest absolute Gasteiger partial charge is 0.183 e. The summed E-state index contributed by atoms with van der Waals surface area (Å²) in [6.07, 6.45) is 2.95. The second-order valence-electron chi connectivity index (χ2n) is 3.36. The predicted molar refractivity (Wildman–Crippen MR) is 55.0 cm³/mol. The predicted octanol–water partition coefficient (Wildman–Crippen LogP) is 1.33. The molecular formula is C8H12ClN3S. The van der Waals surface area contributed by atoms with Crippen LogP contribution in [0.25, 0.3) is 0 Å². The molecule has 13 heavy (non-hydrogen) atoms. The van der Waals surface area contributed by atoms with Gasteiger partial charge in [0.05, 0.1) is 0 Å². The zero-order chi connectivity index (χ0) is 9.26. The van der Waals surface area contributed by atoms with Gasteiger partial charge in [-0.05, 0) is 6.42 Å². The zero-order valence-corrected chi connectivity index (χ0v) is 8.81. The Hall–Kier alpha value is -0.160. The topological polar surface area (TPSA) is 42.1 Å². The molecule has 2 rings (SSSR count). The van der Waals surface area contributed by atoms with Crippen LogP contribution in [-0.2, 0) is 6.54 Å². The molecule has 0 radical (unpaired) electrons. The number of thiazole rings is 1. The Morgan fingerprint density at radius 1 is 1.77 bits per heavy atom. The molecule has 1 fully saturated rings. The van der Waals surface area contributed by atoms with E-state index in [0.29, 0.717) is 10.5 Å². The van der Waals surface area contributed by atoms with Crippen molar-refractivity contribution in [3.05, 3.63) is 15.5 Å². The van der Waals surface area contributed by atoms with Crippen LogP contribution < -0.4 is 5.73 Å². The van der Waals surface area contributed by atoms with Crippen LogP contribution in [0.15, 0.2) is 6.20 Å². The van der Waals surface area contributed by atoms with E-state index in [0.717, 1.165) is 26.1 Å². The Morgan fingerprint density at radius 2 is 2.62 bits per heavy atom. The first-order valence-corrected chi connectivity index (χ1v) is 5.51. The molecule has 1 aromatic rings. The first-order chi connectivity index (χ1) is 6.24. The summed E-state index contributed by atoms with van der Waals surface area (Å²) in [5.41, 5.74) is 5.80. The summed E-state index contributed by atoms with van der Waals surface area (Å²) in [7, 11) is 0. The molecule has 0 bridgehead atoms. The van der Waals surface area contributed by atoms with Gasteiger partial charge in [0.1, 0.15) is 0 Å². The molecule has 0 saturated carbocycles. The van der Waals surface area contributed by atoms with Crippen molar-refractivity contribution in [2.24, 2.45) is 5.73 Å². The summed E-state index contributed by atoms with van der Waals surface area (Å²) in [5.74, 6) is 0. The fourth-order valence-corrected chi connectivity index (χ4v) is 2.60. The van der Waals surface area contributed by atoms with Crippen molar-refractivity contribution in [2.45, 2.75) is 19.0 Å². The van der Waals surface area contributed by atoms with Gasteiger partial charge in [0, 0.05) is 36.8 Å². The van der Waals surface area contributed by atoms with Crippen molar-refractivity contribution in [1.29, 1.82) is 0 Å². The highest BCUT2D eigenvalue weighted by molar-refractivity contribution is 7.15. The lowest BCUT2D eigenvalue weighted by Crippen LogP contribution is -2.25. The minimum absolute atomic E-state index is 0.350. The van der Waals surface area contributed by atoms with E-state index in [-0.39, 0.29) is 0 Å².